The highest BCUT2D eigenvalue weighted by atomic mass is 16.5. The summed E-state index contributed by atoms with van der Waals surface area (Å²) in [5.74, 6) is 2.30. The fourth-order valence-corrected chi connectivity index (χ4v) is 9.20. The maximum absolute atomic E-state index is 13.6. The first kappa shape index (κ1) is 25.9. The number of nitrogens with zero attached hydrogens (tertiary/aromatic N) is 2. The Bertz CT molecular complexity index is 977. The molecule has 0 aromatic carbocycles. The molecule has 5 rings (SSSR count). The van der Waals surface area contributed by atoms with Gasteiger partial charge < -0.3 is 14.6 Å². The minimum Gasteiger partial charge on any atom is -0.461 e. The highest BCUT2D eigenvalue weighted by Gasteiger charge is 2.62. The van der Waals surface area contributed by atoms with Gasteiger partial charge in [-0.05, 0) is 106 Å². The van der Waals surface area contributed by atoms with Crippen LogP contribution in [0.3, 0.4) is 0 Å². The number of carbonyl (C=O) groups is 2. The van der Waals surface area contributed by atoms with Gasteiger partial charge in [0.15, 0.2) is 11.5 Å². The largest absolute Gasteiger partial charge is 0.461 e. The van der Waals surface area contributed by atoms with Crippen LogP contribution in [0.15, 0.2) is 12.3 Å². The Morgan fingerprint density at radius 3 is 2.61 bits per heavy atom. The predicted molar refractivity (Wildman–Crippen MR) is 135 cm³/mol. The first-order valence-corrected chi connectivity index (χ1v) is 14.2. The van der Waals surface area contributed by atoms with Crippen molar-refractivity contribution in [3.63, 3.8) is 0 Å². The van der Waals surface area contributed by atoms with Crippen LogP contribution in [0.1, 0.15) is 89.5 Å². The topological polar surface area (TPSA) is 90.7 Å². The van der Waals surface area contributed by atoms with Crippen molar-refractivity contribution >= 4 is 11.8 Å². The lowest BCUT2D eigenvalue weighted by molar-refractivity contribution is -0.171. The standard InChI is InChI=1S/C29H44N2O5/c1-5-35-26-16-29(4)18(15-24(26)32)7-8-19-20-9-10-22(28(20,3)13-11-21(19)29)25(33)17-31-14-12-23(30-31)27(34)36-6-2/h12,14,18-22,24,26,32H,5-11,13,15-17H2,1-4H3/t18-,19-,20-,21-,22+,24-,26-,28-,29-/m0/s1. The van der Waals surface area contributed by atoms with E-state index in [4.69, 9.17) is 9.47 Å². The van der Waals surface area contributed by atoms with Crippen molar-refractivity contribution in [1.82, 2.24) is 9.78 Å². The van der Waals surface area contributed by atoms with Gasteiger partial charge in [0.1, 0.15) is 0 Å². The first-order valence-electron chi connectivity index (χ1n) is 14.2. The van der Waals surface area contributed by atoms with E-state index < -0.39 is 5.97 Å². The molecule has 0 bridgehead atoms. The second-order valence-corrected chi connectivity index (χ2v) is 12.4. The van der Waals surface area contributed by atoms with Crippen LogP contribution in [-0.2, 0) is 20.8 Å². The van der Waals surface area contributed by atoms with Crippen LogP contribution in [0.2, 0.25) is 0 Å². The Hall–Kier alpha value is -1.73. The molecule has 4 fully saturated rings. The second-order valence-electron chi connectivity index (χ2n) is 12.4. The van der Waals surface area contributed by atoms with E-state index in [1.54, 1.807) is 23.9 Å². The maximum atomic E-state index is 13.6. The summed E-state index contributed by atoms with van der Waals surface area (Å²) in [5, 5.41) is 15.0. The molecule has 0 saturated heterocycles. The second kappa shape index (κ2) is 9.86. The number of rotatable bonds is 7. The van der Waals surface area contributed by atoms with Crippen LogP contribution in [-0.4, -0.2) is 52.1 Å². The van der Waals surface area contributed by atoms with Gasteiger partial charge in [-0.1, -0.05) is 13.8 Å². The van der Waals surface area contributed by atoms with Gasteiger partial charge in [-0.15, -0.1) is 0 Å². The zero-order valence-electron chi connectivity index (χ0n) is 22.4. The average molecular weight is 501 g/mol. The van der Waals surface area contributed by atoms with E-state index in [0.717, 1.165) is 38.5 Å². The number of aliphatic hydroxyl groups is 1. The summed E-state index contributed by atoms with van der Waals surface area (Å²) < 4.78 is 12.6. The van der Waals surface area contributed by atoms with E-state index in [9.17, 15) is 14.7 Å². The van der Waals surface area contributed by atoms with Crippen molar-refractivity contribution in [2.24, 2.45) is 40.4 Å². The lowest BCUT2D eigenvalue weighted by Crippen LogP contribution is -2.57. The number of aliphatic hydroxyl groups excluding tert-OH is 1. The van der Waals surface area contributed by atoms with Crippen LogP contribution >= 0.6 is 0 Å². The molecule has 9 atom stereocenters. The smallest absolute Gasteiger partial charge is 0.358 e. The van der Waals surface area contributed by atoms with E-state index in [1.807, 2.05) is 6.92 Å². The number of ketones is 1. The molecule has 0 spiro atoms. The van der Waals surface area contributed by atoms with Gasteiger partial charge in [0.25, 0.3) is 0 Å². The molecule has 36 heavy (non-hydrogen) atoms. The van der Waals surface area contributed by atoms with E-state index in [2.05, 4.69) is 18.9 Å². The number of Topliss-reactive ketones (excluding diaryl/α,β-unsaturated/α-hetero) is 1. The summed E-state index contributed by atoms with van der Waals surface area (Å²) in [4.78, 5) is 25.5. The summed E-state index contributed by atoms with van der Waals surface area (Å²) in [5.41, 5.74) is 0.504. The van der Waals surface area contributed by atoms with Crippen molar-refractivity contribution < 1.29 is 24.2 Å². The molecule has 1 N–H and O–H groups in total. The van der Waals surface area contributed by atoms with E-state index >= 15 is 0 Å². The van der Waals surface area contributed by atoms with Gasteiger partial charge in [0.2, 0.25) is 0 Å². The fourth-order valence-electron chi connectivity index (χ4n) is 9.20. The average Bonchev–Trinajstić information content (AvgIpc) is 3.44. The van der Waals surface area contributed by atoms with Gasteiger partial charge in [-0.25, -0.2) is 4.79 Å². The molecular weight excluding hydrogens is 456 g/mol. The Morgan fingerprint density at radius 2 is 1.86 bits per heavy atom. The van der Waals surface area contributed by atoms with Crippen molar-refractivity contribution in [2.45, 2.75) is 97.8 Å². The molecule has 0 unspecified atom stereocenters. The van der Waals surface area contributed by atoms with Crippen LogP contribution < -0.4 is 0 Å². The third kappa shape index (κ3) is 4.24. The van der Waals surface area contributed by atoms with Gasteiger partial charge in [0.05, 0.1) is 25.4 Å². The molecule has 1 heterocycles. The molecule has 4 aliphatic rings. The van der Waals surface area contributed by atoms with Crippen LogP contribution in [0.5, 0.6) is 0 Å². The predicted octanol–water partition coefficient (Wildman–Crippen LogP) is 4.66. The number of carbonyl (C=O) groups excluding carboxylic acids is 2. The lowest BCUT2D eigenvalue weighted by atomic mass is 9.44. The number of hydrogen-bond donors (Lipinski definition) is 1. The molecule has 1 aromatic rings. The van der Waals surface area contributed by atoms with Crippen molar-refractivity contribution in [1.29, 1.82) is 0 Å². The zero-order valence-corrected chi connectivity index (χ0v) is 22.4. The molecule has 1 aromatic heterocycles. The van der Waals surface area contributed by atoms with Crippen molar-refractivity contribution in [2.75, 3.05) is 13.2 Å². The number of fused-ring (bicyclic) bond motifs is 5. The SMILES string of the molecule is CCOC(=O)c1ccn(CC(=O)[C@H]2CC[C@H]3[C@@H]4CC[C@H]5C[C@H](O)[C@@H](OCC)C[C@]5(C)[C@H]4CC[C@]23C)n1. The molecule has 4 saturated carbocycles. The minimum absolute atomic E-state index is 0.0338. The van der Waals surface area contributed by atoms with Crippen LogP contribution in [0, 0.1) is 40.4 Å². The van der Waals surface area contributed by atoms with Gasteiger partial charge in [0, 0.05) is 18.7 Å². The number of esters is 1. The van der Waals surface area contributed by atoms with Crippen LogP contribution in [0.25, 0.3) is 0 Å². The molecule has 7 heteroatoms. The lowest BCUT2D eigenvalue weighted by Gasteiger charge is -2.61. The Balaban J connectivity index is 1.29. The molecule has 0 aliphatic heterocycles. The normalized spacial score (nSPS) is 41.8. The summed E-state index contributed by atoms with van der Waals surface area (Å²) in [6.07, 6.45) is 9.89. The third-order valence-corrected chi connectivity index (χ3v) is 10.9. The van der Waals surface area contributed by atoms with Crippen molar-refractivity contribution in [3.05, 3.63) is 18.0 Å². The first-order chi connectivity index (χ1) is 17.2. The molecule has 7 nitrogen and oxygen atoms in total. The molecule has 0 radical (unpaired) electrons. The van der Waals surface area contributed by atoms with Gasteiger partial charge in [-0.2, -0.15) is 5.10 Å². The van der Waals surface area contributed by atoms with Crippen molar-refractivity contribution in [3.8, 4) is 0 Å². The third-order valence-electron chi connectivity index (χ3n) is 10.9. The Morgan fingerprint density at radius 1 is 1.08 bits per heavy atom. The number of ether oxygens (including phenoxy) is 2. The summed E-state index contributed by atoms with van der Waals surface area (Å²) in [7, 11) is 0. The molecule has 200 valence electrons. The van der Waals surface area contributed by atoms with Gasteiger partial charge >= 0.3 is 5.97 Å². The molecule has 4 aliphatic carbocycles. The molecule has 0 amide bonds. The highest BCUT2D eigenvalue weighted by molar-refractivity contribution is 5.87. The summed E-state index contributed by atoms with van der Waals surface area (Å²) in [6.45, 7) is 9.82. The zero-order chi connectivity index (χ0) is 25.7. The van der Waals surface area contributed by atoms with E-state index in [1.165, 1.54) is 12.8 Å². The fraction of sp³-hybridized carbons (Fsp3) is 0.828. The van der Waals surface area contributed by atoms with E-state index in [0.29, 0.717) is 36.9 Å². The summed E-state index contributed by atoms with van der Waals surface area (Å²) in [6, 6.07) is 1.63. The summed E-state index contributed by atoms with van der Waals surface area (Å²) >= 11 is 0. The maximum Gasteiger partial charge on any atom is 0.358 e. The number of hydrogen-bond acceptors (Lipinski definition) is 6. The quantitative estimate of drug-likeness (QED) is 0.548. The number of aromatic nitrogens is 2. The Kier molecular flexibility index (Phi) is 7.10. The minimum atomic E-state index is -0.444. The van der Waals surface area contributed by atoms with E-state index in [-0.39, 0.29) is 47.0 Å². The van der Waals surface area contributed by atoms with Crippen LogP contribution in [0.4, 0.5) is 0 Å². The monoisotopic (exact) mass is 500 g/mol. The molecular formula is C29H44N2O5. The van der Waals surface area contributed by atoms with Gasteiger partial charge in [-0.3, -0.25) is 9.48 Å². The Labute approximate surface area is 215 Å². The highest BCUT2D eigenvalue weighted by Crippen LogP contribution is 2.67.